The van der Waals surface area contributed by atoms with Gasteiger partial charge in [-0.15, -0.1) is 0 Å². The van der Waals surface area contributed by atoms with Crippen molar-refractivity contribution in [3.8, 4) is 17.6 Å². The lowest BCUT2D eigenvalue weighted by Gasteiger charge is -2.19. The fourth-order valence-corrected chi connectivity index (χ4v) is 2.17. The minimum absolute atomic E-state index is 0.000611. The average Bonchev–Trinajstić information content (AvgIpc) is 2.52. The summed E-state index contributed by atoms with van der Waals surface area (Å²) >= 11 is 0. The van der Waals surface area contributed by atoms with Crippen molar-refractivity contribution in [2.24, 2.45) is 5.92 Å². The smallest absolute Gasteiger partial charge is 0.314 e. The molecule has 0 aliphatic heterocycles. The summed E-state index contributed by atoms with van der Waals surface area (Å²) in [6.07, 6.45) is 0. The Kier molecular flexibility index (Phi) is 8.42. The number of carbonyl (C=O) groups is 2. The monoisotopic (exact) mass is 332 g/mol. The molecule has 0 N–H and O–H groups in total. The van der Waals surface area contributed by atoms with Gasteiger partial charge in [-0.2, -0.15) is 0 Å². The number of hydrogen-bond acceptors (Lipinski definition) is 5. The van der Waals surface area contributed by atoms with E-state index in [4.69, 9.17) is 9.47 Å². The molecule has 0 saturated carbocycles. The molecule has 1 aromatic rings. The first-order valence-electron chi connectivity index (χ1n) is 7.94. The third-order valence-corrected chi connectivity index (χ3v) is 3.23. The largest absolute Gasteiger partial charge is 0.494 e. The molecule has 0 fully saturated rings. The number of benzene rings is 1. The van der Waals surface area contributed by atoms with Gasteiger partial charge in [-0.25, -0.2) is 0 Å². The molecule has 1 atom stereocenters. The van der Waals surface area contributed by atoms with Crippen molar-refractivity contribution in [3.05, 3.63) is 29.8 Å². The molecule has 0 aliphatic carbocycles. The molecule has 0 heterocycles. The Morgan fingerprint density at radius 3 is 2.12 bits per heavy atom. The SMILES string of the molecule is CCOc1ccc(C(C(=O)OCC#CCOC(C)=O)C(C)C)cc1. The molecule has 5 nitrogen and oxygen atoms in total. The van der Waals surface area contributed by atoms with Gasteiger partial charge in [0.25, 0.3) is 0 Å². The van der Waals surface area contributed by atoms with Crippen LogP contribution in [0.4, 0.5) is 0 Å². The van der Waals surface area contributed by atoms with E-state index in [2.05, 4.69) is 16.6 Å². The van der Waals surface area contributed by atoms with Crippen molar-refractivity contribution < 1.29 is 23.8 Å². The van der Waals surface area contributed by atoms with E-state index in [9.17, 15) is 9.59 Å². The lowest BCUT2D eigenvalue weighted by molar-refractivity contribution is -0.145. The number of esters is 2. The van der Waals surface area contributed by atoms with Crippen LogP contribution in [0.3, 0.4) is 0 Å². The first-order chi connectivity index (χ1) is 11.5. The topological polar surface area (TPSA) is 61.8 Å². The Labute approximate surface area is 143 Å². The lowest BCUT2D eigenvalue weighted by Crippen LogP contribution is -2.21. The Morgan fingerprint density at radius 2 is 1.62 bits per heavy atom. The molecule has 24 heavy (non-hydrogen) atoms. The van der Waals surface area contributed by atoms with Crippen LogP contribution in [0.25, 0.3) is 0 Å². The zero-order chi connectivity index (χ0) is 17.9. The molecule has 0 radical (unpaired) electrons. The van der Waals surface area contributed by atoms with Gasteiger partial charge < -0.3 is 14.2 Å². The second kappa shape index (κ2) is 10.3. The van der Waals surface area contributed by atoms with Gasteiger partial charge in [-0.3, -0.25) is 9.59 Å². The highest BCUT2D eigenvalue weighted by molar-refractivity contribution is 5.78. The van der Waals surface area contributed by atoms with Gasteiger partial charge in [-0.05, 0) is 30.5 Å². The Hall–Kier alpha value is -2.48. The van der Waals surface area contributed by atoms with Crippen LogP contribution in [-0.2, 0) is 19.1 Å². The third-order valence-electron chi connectivity index (χ3n) is 3.23. The van der Waals surface area contributed by atoms with Crippen molar-refractivity contribution in [1.82, 2.24) is 0 Å². The van der Waals surface area contributed by atoms with Crippen LogP contribution in [0, 0.1) is 17.8 Å². The van der Waals surface area contributed by atoms with Crippen LogP contribution in [0.2, 0.25) is 0 Å². The van der Waals surface area contributed by atoms with E-state index in [1.807, 2.05) is 45.0 Å². The van der Waals surface area contributed by atoms with Crippen LogP contribution in [0.1, 0.15) is 39.2 Å². The summed E-state index contributed by atoms with van der Waals surface area (Å²) in [6.45, 7) is 7.74. The van der Waals surface area contributed by atoms with Crippen LogP contribution in [0.5, 0.6) is 5.75 Å². The van der Waals surface area contributed by atoms with Gasteiger partial charge >= 0.3 is 11.9 Å². The predicted octanol–water partition coefficient (Wildman–Crippen LogP) is 2.93. The maximum absolute atomic E-state index is 12.3. The predicted molar refractivity (Wildman–Crippen MR) is 90.6 cm³/mol. The average molecular weight is 332 g/mol. The van der Waals surface area contributed by atoms with E-state index in [0.29, 0.717) is 6.61 Å². The molecule has 5 heteroatoms. The highest BCUT2D eigenvalue weighted by atomic mass is 16.5. The molecule has 1 rings (SSSR count). The number of ether oxygens (including phenoxy) is 3. The van der Waals surface area contributed by atoms with Gasteiger partial charge in [0.1, 0.15) is 5.75 Å². The summed E-state index contributed by atoms with van der Waals surface area (Å²) < 4.78 is 15.3. The standard InChI is InChI=1S/C19H24O5/c1-5-22-17-10-8-16(9-11-17)18(14(2)3)19(21)24-13-7-6-12-23-15(4)20/h8-11,14,18H,5,12-13H2,1-4H3. The van der Waals surface area contributed by atoms with Gasteiger partial charge in [-0.1, -0.05) is 37.8 Å². The van der Waals surface area contributed by atoms with E-state index in [1.54, 1.807) is 0 Å². The molecule has 0 aromatic heterocycles. The first-order valence-corrected chi connectivity index (χ1v) is 7.94. The van der Waals surface area contributed by atoms with Crippen LogP contribution < -0.4 is 4.74 Å². The second-order valence-corrected chi connectivity index (χ2v) is 5.47. The third kappa shape index (κ3) is 6.74. The minimum atomic E-state index is -0.392. The normalized spacial score (nSPS) is 11.2. The van der Waals surface area contributed by atoms with Crippen molar-refractivity contribution in [2.75, 3.05) is 19.8 Å². The Morgan fingerprint density at radius 1 is 1.04 bits per heavy atom. The van der Waals surface area contributed by atoms with Gasteiger partial charge in [0.15, 0.2) is 13.2 Å². The van der Waals surface area contributed by atoms with Gasteiger partial charge in [0.05, 0.1) is 12.5 Å². The van der Waals surface area contributed by atoms with Crippen LogP contribution in [-0.4, -0.2) is 31.8 Å². The Balaban J connectivity index is 2.63. The molecule has 0 spiro atoms. The summed E-state index contributed by atoms with van der Waals surface area (Å²) in [5, 5.41) is 0. The van der Waals surface area contributed by atoms with Crippen molar-refractivity contribution in [2.45, 2.75) is 33.6 Å². The van der Waals surface area contributed by atoms with Gasteiger partial charge in [0, 0.05) is 6.92 Å². The van der Waals surface area contributed by atoms with Crippen molar-refractivity contribution in [3.63, 3.8) is 0 Å². The van der Waals surface area contributed by atoms with E-state index in [1.165, 1.54) is 6.92 Å². The molecular formula is C19H24O5. The summed E-state index contributed by atoms with van der Waals surface area (Å²) in [5.74, 6) is 5.05. The fourth-order valence-electron chi connectivity index (χ4n) is 2.17. The molecule has 130 valence electrons. The van der Waals surface area contributed by atoms with Crippen molar-refractivity contribution >= 4 is 11.9 Å². The van der Waals surface area contributed by atoms with E-state index < -0.39 is 5.97 Å². The first kappa shape index (κ1) is 19.6. The number of hydrogen-bond donors (Lipinski definition) is 0. The highest BCUT2D eigenvalue weighted by Crippen LogP contribution is 2.27. The minimum Gasteiger partial charge on any atom is -0.494 e. The maximum atomic E-state index is 12.3. The lowest BCUT2D eigenvalue weighted by atomic mass is 9.88. The maximum Gasteiger partial charge on any atom is 0.314 e. The molecule has 0 saturated heterocycles. The highest BCUT2D eigenvalue weighted by Gasteiger charge is 2.25. The zero-order valence-corrected chi connectivity index (χ0v) is 14.6. The number of carbonyl (C=O) groups excluding carboxylic acids is 2. The Bertz CT molecular complexity index is 592. The van der Waals surface area contributed by atoms with E-state index in [-0.39, 0.29) is 31.0 Å². The molecule has 0 bridgehead atoms. The van der Waals surface area contributed by atoms with Gasteiger partial charge in [0.2, 0.25) is 0 Å². The molecule has 0 aliphatic rings. The summed E-state index contributed by atoms with van der Waals surface area (Å²) in [5.41, 5.74) is 0.881. The summed E-state index contributed by atoms with van der Waals surface area (Å²) in [7, 11) is 0. The second-order valence-electron chi connectivity index (χ2n) is 5.47. The number of rotatable bonds is 7. The summed E-state index contributed by atoms with van der Waals surface area (Å²) in [6, 6.07) is 7.45. The molecular weight excluding hydrogens is 308 g/mol. The molecule has 1 aromatic carbocycles. The molecule has 1 unspecified atom stereocenters. The van der Waals surface area contributed by atoms with Crippen LogP contribution >= 0.6 is 0 Å². The fraction of sp³-hybridized carbons (Fsp3) is 0.474. The summed E-state index contributed by atoms with van der Waals surface area (Å²) in [4.78, 5) is 22.9. The zero-order valence-electron chi connectivity index (χ0n) is 14.6. The van der Waals surface area contributed by atoms with E-state index >= 15 is 0 Å². The molecule has 0 amide bonds. The van der Waals surface area contributed by atoms with Crippen molar-refractivity contribution in [1.29, 1.82) is 0 Å². The van der Waals surface area contributed by atoms with E-state index in [0.717, 1.165) is 11.3 Å². The quantitative estimate of drug-likeness (QED) is 0.567. The van der Waals surface area contributed by atoms with Crippen LogP contribution in [0.15, 0.2) is 24.3 Å².